The fourth-order valence-electron chi connectivity index (χ4n) is 1.69. The number of anilines is 1. The summed E-state index contributed by atoms with van der Waals surface area (Å²) in [5, 5.41) is 8.85. The molecule has 16 heavy (non-hydrogen) atoms. The summed E-state index contributed by atoms with van der Waals surface area (Å²) in [5.41, 5.74) is 1.70. The minimum atomic E-state index is -0.407. The van der Waals surface area contributed by atoms with Crippen molar-refractivity contribution in [3.05, 3.63) is 40.7 Å². The van der Waals surface area contributed by atoms with Crippen molar-refractivity contribution in [1.82, 2.24) is 0 Å². The van der Waals surface area contributed by atoms with Gasteiger partial charge in [-0.05, 0) is 24.6 Å². The van der Waals surface area contributed by atoms with Gasteiger partial charge >= 0.3 is 0 Å². The molecule has 1 aromatic rings. The minimum absolute atomic E-state index is 0.132. The van der Waals surface area contributed by atoms with Crippen LogP contribution in [0.15, 0.2) is 29.8 Å². The van der Waals surface area contributed by atoms with E-state index in [0.717, 1.165) is 24.2 Å². The molecule has 0 radical (unpaired) electrons. The monoisotopic (exact) mass is 236 g/mol. The van der Waals surface area contributed by atoms with E-state index < -0.39 is 5.82 Å². The number of benzene rings is 1. The highest BCUT2D eigenvalue weighted by Gasteiger charge is 2.13. The van der Waals surface area contributed by atoms with Crippen molar-refractivity contribution in [3.8, 4) is 6.07 Å². The molecule has 0 aliphatic carbocycles. The van der Waals surface area contributed by atoms with Gasteiger partial charge in [-0.3, -0.25) is 0 Å². The lowest BCUT2D eigenvalue weighted by Gasteiger charge is -2.26. The smallest absolute Gasteiger partial charge is 0.141 e. The van der Waals surface area contributed by atoms with Gasteiger partial charge in [-0.2, -0.15) is 5.26 Å². The van der Waals surface area contributed by atoms with E-state index in [4.69, 9.17) is 16.9 Å². The van der Waals surface area contributed by atoms with Crippen LogP contribution in [0.2, 0.25) is 5.02 Å². The highest BCUT2D eigenvalue weighted by atomic mass is 35.5. The Hall–Kier alpha value is -1.53. The van der Waals surface area contributed by atoms with Gasteiger partial charge in [0.1, 0.15) is 5.82 Å². The molecule has 0 unspecified atom stereocenters. The zero-order valence-corrected chi connectivity index (χ0v) is 9.34. The molecule has 0 spiro atoms. The molecule has 1 aliphatic rings. The molecule has 0 saturated heterocycles. The maximum absolute atomic E-state index is 13.0. The maximum atomic E-state index is 13.0. The minimum Gasteiger partial charge on any atom is -0.367 e. The summed E-state index contributed by atoms with van der Waals surface area (Å²) in [4.78, 5) is 2.06. The van der Waals surface area contributed by atoms with Gasteiger partial charge < -0.3 is 4.90 Å². The molecule has 0 saturated carbocycles. The van der Waals surface area contributed by atoms with Gasteiger partial charge in [0, 0.05) is 24.4 Å². The van der Waals surface area contributed by atoms with Gasteiger partial charge in [0.25, 0.3) is 0 Å². The first-order chi connectivity index (χ1) is 7.70. The van der Waals surface area contributed by atoms with Crippen molar-refractivity contribution in [2.45, 2.75) is 6.42 Å². The molecule has 0 aromatic heterocycles. The summed E-state index contributed by atoms with van der Waals surface area (Å²) < 4.78 is 13.0. The molecule has 0 bridgehead atoms. The van der Waals surface area contributed by atoms with Crippen molar-refractivity contribution in [3.63, 3.8) is 0 Å². The lowest BCUT2D eigenvalue weighted by molar-refractivity contribution is 0.628. The quantitative estimate of drug-likeness (QED) is 0.749. The first-order valence-electron chi connectivity index (χ1n) is 5.00. The van der Waals surface area contributed by atoms with E-state index in [1.165, 1.54) is 6.07 Å². The van der Waals surface area contributed by atoms with Gasteiger partial charge in [0.15, 0.2) is 0 Å². The Morgan fingerprint density at radius 1 is 1.44 bits per heavy atom. The summed E-state index contributed by atoms with van der Waals surface area (Å²) >= 11 is 5.72. The third kappa shape index (κ3) is 2.17. The Kier molecular flexibility index (Phi) is 3.12. The predicted molar refractivity (Wildman–Crippen MR) is 61.9 cm³/mol. The van der Waals surface area contributed by atoms with Crippen molar-refractivity contribution >= 4 is 17.3 Å². The number of rotatable bonds is 1. The van der Waals surface area contributed by atoms with Crippen LogP contribution in [0.1, 0.15) is 6.42 Å². The van der Waals surface area contributed by atoms with Gasteiger partial charge in [-0.1, -0.05) is 17.7 Å². The van der Waals surface area contributed by atoms with Crippen LogP contribution in [-0.2, 0) is 0 Å². The van der Waals surface area contributed by atoms with Crippen LogP contribution in [-0.4, -0.2) is 13.1 Å². The standard InChI is InChI=1S/C12H10ClFN2/c13-11-7-10(1-2-12(11)14)16-5-3-9(8-15)4-6-16/h1-3,7H,4-6H2. The number of halogens is 2. The third-order valence-corrected chi connectivity index (χ3v) is 2.91. The second-order valence-electron chi connectivity index (χ2n) is 3.64. The molecular weight excluding hydrogens is 227 g/mol. The topological polar surface area (TPSA) is 27.0 Å². The van der Waals surface area contributed by atoms with Gasteiger partial charge in [-0.25, -0.2) is 4.39 Å². The first kappa shape index (κ1) is 11.0. The van der Waals surface area contributed by atoms with Crippen LogP contribution < -0.4 is 4.90 Å². The maximum Gasteiger partial charge on any atom is 0.141 e. The van der Waals surface area contributed by atoms with Crippen LogP contribution >= 0.6 is 11.6 Å². The van der Waals surface area contributed by atoms with Crippen molar-refractivity contribution < 1.29 is 4.39 Å². The fraction of sp³-hybridized carbons (Fsp3) is 0.250. The Morgan fingerprint density at radius 3 is 2.81 bits per heavy atom. The Morgan fingerprint density at radius 2 is 2.25 bits per heavy atom. The zero-order chi connectivity index (χ0) is 11.5. The van der Waals surface area contributed by atoms with E-state index in [0.29, 0.717) is 6.54 Å². The van der Waals surface area contributed by atoms with Crippen LogP contribution in [0.25, 0.3) is 0 Å². The summed E-state index contributed by atoms with van der Waals surface area (Å²) in [7, 11) is 0. The molecule has 0 N–H and O–H groups in total. The predicted octanol–water partition coefficient (Wildman–Crippen LogP) is 3.14. The molecule has 1 aliphatic heterocycles. The SMILES string of the molecule is N#CC1=CCN(c2ccc(F)c(Cl)c2)CC1. The van der Waals surface area contributed by atoms with E-state index in [1.807, 2.05) is 6.08 Å². The third-order valence-electron chi connectivity index (χ3n) is 2.62. The van der Waals surface area contributed by atoms with Gasteiger partial charge in [0.05, 0.1) is 11.1 Å². The number of nitrogens with zero attached hydrogens (tertiary/aromatic N) is 2. The second-order valence-corrected chi connectivity index (χ2v) is 4.04. The molecule has 1 heterocycles. The highest BCUT2D eigenvalue weighted by molar-refractivity contribution is 6.31. The van der Waals surface area contributed by atoms with Crippen molar-refractivity contribution in [1.29, 1.82) is 5.26 Å². The number of nitriles is 1. The molecule has 2 nitrogen and oxygen atoms in total. The van der Waals surface area contributed by atoms with E-state index in [2.05, 4.69) is 11.0 Å². The second kappa shape index (κ2) is 4.54. The molecule has 1 aromatic carbocycles. The molecule has 2 rings (SSSR count). The van der Waals surface area contributed by atoms with Crippen LogP contribution in [0.4, 0.5) is 10.1 Å². The summed E-state index contributed by atoms with van der Waals surface area (Å²) in [5.74, 6) is -0.407. The van der Waals surface area contributed by atoms with Crippen molar-refractivity contribution in [2.24, 2.45) is 0 Å². The largest absolute Gasteiger partial charge is 0.367 e. The average Bonchev–Trinajstić information content (AvgIpc) is 2.33. The summed E-state index contributed by atoms with van der Waals surface area (Å²) in [6.07, 6.45) is 2.62. The first-order valence-corrected chi connectivity index (χ1v) is 5.37. The Labute approximate surface area is 98.5 Å². The van der Waals surface area contributed by atoms with E-state index in [1.54, 1.807) is 12.1 Å². The van der Waals surface area contributed by atoms with Gasteiger partial charge in [0.2, 0.25) is 0 Å². The zero-order valence-electron chi connectivity index (χ0n) is 8.58. The van der Waals surface area contributed by atoms with E-state index in [9.17, 15) is 4.39 Å². The molecule has 0 atom stereocenters. The normalized spacial score (nSPS) is 15.6. The number of hydrogen-bond acceptors (Lipinski definition) is 2. The van der Waals surface area contributed by atoms with Crippen LogP contribution in [0.5, 0.6) is 0 Å². The Balaban J connectivity index is 2.18. The Bertz CT molecular complexity index is 476. The van der Waals surface area contributed by atoms with E-state index in [-0.39, 0.29) is 5.02 Å². The molecule has 0 amide bonds. The van der Waals surface area contributed by atoms with Crippen LogP contribution in [0.3, 0.4) is 0 Å². The fourth-order valence-corrected chi connectivity index (χ4v) is 1.86. The van der Waals surface area contributed by atoms with Gasteiger partial charge in [-0.15, -0.1) is 0 Å². The highest BCUT2D eigenvalue weighted by Crippen LogP contribution is 2.24. The summed E-state index contributed by atoms with van der Waals surface area (Å²) in [6.45, 7) is 1.44. The lowest BCUT2D eigenvalue weighted by atomic mass is 10.1. The number of hydrogen-bond donors (Lipinski definition) is 0. The average molecular weight is 237 g/mol. The molecular formula is C12H10ClFN2. The molecule has 4 heteroatoms. The molecule has 0 fully saturated rings. The lowest BCUT2D eigenvalue weighted by Crippen LogP contribution is -2.28. The van der Waals surface area contributed by atoms with Crippen LogP contribution in [0, 0.1) is 17.1 Å². The molecule has 82 valence electrons. The summed E-state index contributed by atoms with van der Waals surface area (Å²) in [6, 6.07) is 6.82. The van der Waals surface area contributed by atoms with E-state index >= 15 is 0 Å². The van der Waals surface area contributed by atoms with Crippen molar-refractivity contribution in [2.75, 3.05) is 18.0 Å².